The third-order valence-corrected chi connectivity index (χ3v) is 8.05. The van der Waals surface area contributed by atoms with Gasteiger partial charge in [-0.3, -0.25) is 4.72 Å². The number of aryl methyl sites for hydroxylation is 2. The van der Waals surface area contributed by atoms with Gasteiger partial charge >= 0.3 is 0 Å². The lowest BCUT2D eigenvalue weighted by Gasteiger charge is -2.37. The lowest BCUT2D eigenvalue weighted by atomic mass is 9.77. The highest BCUT2D eigenvalue weighted by molar-refractivity contribution is 7.92. The highest BCUT2D eigenvalue weighted by Gasteiger charge is 2.39. The molecule has 3 aromatic carbocycles. The lowest BCUT2D eigenvalue weighted by molar-refractivity contribution is 0.402. The van der Waals surface area contributed by atoms with Crippen molar-refractivity contribution in [3.8, 4) is 5.75 Å². The Kier molecular flexibility index (Phi) is 4.97. The van der Waals surface area contributed by atoms with E-state index in [2.05, 4.69) is 22.2 Å². The van der Waals surface area contributed by atoms with E-state index in [-0.39, 0.29) is 28.5 Å². The lowest BCUT2D eigenvalue weighted by Crippen LogP contribution is -2.29. The minimum absolute atomic E-state index is 0.0418. The molecule has 1 heterocycles. The molecule has 0 saturated carbocycles. The highest BCUT2D eigenvalue weighted by atomic mass is 32.2. The fraction of sp³-hybridized carbons (Fsp3) is 0.231. The van der Waals surface area contributed by atoms with Gasteiger partial charge in [-0.25, -0.2) is 8.42 Å². The topological polar surface area (TPSA) is 78.4 Å². The molecule has 1 aliphatic carbocycles. The number of benzene rings is 3. The van der Waals surface area contributed by atoms with Crippen LogP contribution in [0.2, 0.25) is 0 Å². The van der Waals surface area contributed by atoms with Gasteiger partial charge in [0.25, 0.3) is 10.0 Å². The van der Waals surface area contributed by atoms with Crippen molar-refractivity contribution in [2.75, 3.05) is 10.0 Å². The summed E-state index contributed by atoms with van der Waals surface area (Å²) in [5.74, 6) is 0.574. The SMILES string of the molecule is Cc1ccc(NS(=O)(=O)c2ccc3c(c2)C2C=CCC2C(c2ccccc2O)N3)cc1C. The number of fused-ring (bicyclic) bond motifs is 3. The van der Waals surface area contributed by atoms with Gasteiger partial charge in [0.1, 0.15) is 5.75 Å². The molecule has 6 heteroatoms. The Morgan fingerprint density at radius 3 is 2.56 bits per heavy atom. The predicted octanol–water partition coefficient (Wildman–Crippen LogP) is 5.64. The molecule has 0 saturated heterocycles. The molecule has 5 rings (SSSR count). The van der Waals surface area contributed by atoms with Crippen molar-refractivity contribution in [3.63, 3.8) is 0 Å². The first kappa shape index (κ1) is 20.6. The highest BCUT2D eigenvalue weighted by Crippen LogP contribution is 2.51. The molecule has 0 radical (unpaired) electrons. The van der Waals surface area contributed by atoms with Crippen LogP contribution in [0.4, 0.5) is 11.4 Å². The van der Waals surface area contributed by atoms with Crippen LogP contribution >= 0.6 is 0 Å². The molecular formula is C26H26N2O3S. The molecule has 3 unspecified atom stereocenters. The van der Waals surface area contributed by atoms with Gasteiger partial charge in [-0.1, -0.05) is 36.4 Å². The summed E-state index contributed by atoms with van der Waals surface area (Å²) in [5.41, 5.74) is 5.45. The molecular weight excluding hydrogens is 420 g/mol. The molecule has 3 aromatic rings. The predicted molar refractivity (Wildman–Crippen MR) is 128 cm³/mol. The smallest absolute Gasteiger partial charge is 0.261 e. The summed E-state index contributed by atoms with van der Waals surface area (Å²) in [6.45, 7) is 3.96. The van der Waals surface area contributed by atoms with E-state index in [0.717, 1.165) is 34.4 Å². The summed E-state index contributed by atoms with van der Waals surface area (Å²) in [5, 5.41) is 14.0. The maximum Gasteiger partial charge on any atom is 0.261 e. The monoisotopic (exact) mass is 446 g/mol. The van der Waals surface area contributed by atoms with Crippen LogP contribution in [0.15, 0.2) is 77.7 Å². The second kappa shape index (κ2) is 7.71. The molecule has 0 spiro atoms. The Bertz CT molecular complexity index is 1330. The first-order chi connectivity index (χ1) is 15.3. The molecule has 1 aliphatic heterocycles. The third-order valence-electron chi connectivity index (χ3n) is 6.68. The molecule has 164 valence electrons. The second-order valence-electron chi connectivity index (χ2n) is 8.69. The van der Waals surface area contributed by atoms with Crippen molar-refractivity contribution in [1.29, 1.82) is 0 Å². The van der Waals surface area contributed by atoms with Crippen LogP contribution in [-0.4, -0.2) is 13.5 Å². The molecule has 32 heavy (non-hydrogen) atoms. The van der Waals surface area contributed by atoms with Crippen molar-refractivity contribution in [3.05, 3.63) is 95.1 Å². The zero-order chi connectivity index (χ0) is 22.5. The van der Waals surface area contributed by atoms with Gasteiger partial charge < -0.3 is 10.4 Å². The van der Waals surface area contributed by atoms with Crippen LogP contribution in [0.5, 0.6) is 5.75 Å². The van der Waals surface area contributed by atoms with E-state index in [9.17, 15) is 13.5 Å². The number of aromatic hydroxyl groups is 1. The van der Waals surface area contributed by atoms with Gasteiger partial charge in [0.05, 0.1) is 10.9 Å². The largest absolute Gasteiger partial charge is 0.508 e. The minimum atomic E-state index is -3.72. The Morgan fingerprint density at radius 1 is 0.969 bits per heavy atom. The number of anilines is 2. The Labute approximate surface area is 188 Å². The Hall–Kier alpha value is -3.25. The zero-order valence-corrected chi connectivity index (χ0v) is 18.9. The molecule has 0 amide bonds. The van der Waals surface area contributed by atoms with Gasteiger partial charge in [-0.05, 0) is 79.3 Å². The van der Waals surface area contributed by atoms with Crippen LogP contribution < -0.4 is 10.0 Å². The number of rotatable bonds is 4. The van der Waals surface area contributed by atoms with Crippen molar-refractivity contribution >= 4 is 21.4 Å². The second-order valence-corrected chi connectivity index (χ2v) is 10.4. The molecule has 0 bridgehead atoms. The Morgan fingerprint density at radius 2 is 1.78 bits per heavy atom. The quantitative estimate of drug-likeness (QED) is 0.454. The van der Waals surface area contributed by atoms with Crippen LogP contribution in [-0.2, 0) is 10.0 Å². The number of para-hydroxylation sites is 1. The number of phenols is 1. The van der Waals surface area contributed by atoms with E-state index < -0.39 is 10.0 Å². The van der Waals surface area contributed by atoms with Gasteiger partial charge in [-0.15, -0.1) is 0 Å². The summed E-state index contributed by atoms with van der Waals surface area (Å²) in [4.78, 5) is 0.247. The summed E-state index contributed by atoms with van der Waals surface area (Å²) in [7, 11) is -3.72. The van der Waals surface area contributed by atoms with E-state index >= 15 is 0 Å². The summed E-state index contributed by atoms with van der Waals surface area (Å²) < 4.78 is 29.0. The van der Waals surface area contributed by atoms with Gasteiger partial charge in [0.2, 0.25) is 0 Å². The van der Waals surface area contributed by atoms with E-state index in [1.54, 1.807) is 24.3 Å². The summed E-state index contributed by atoms with van der Waals surface area (Å²) in [6, 6.07) is 18.1. The number of hydrogen-bond donors (Lipinski definition) is 3. The average molecular weight is 447 g/mol. The van der Waals surface area contributed by atoms with E-state index in [4.69, 9.17) is 0 Å². The third kappa shape index (κ3) is 3.54. The first-order valence-electron chi connectivity index (χ1n) is 10.8. The van der Waals surface area contributed by atoms with Crippen LogP contribution in [0.1, 0.15) is 40.6 Å². The van der Waals surface area contributed by atoms with E-state index in [0.29, 0.717) is 5.69 Å². The number of hydrogen-bond acceptors (Lipinski definition) is 4. The molecule has 0 aromatic heterocycles. The number of nitrogens with one attached hydrogen (secondary N) is 2. The van der Waals surface area contributed by atoms with E-state index in [1.807, 2.05) is 50.2 Å². The number of sulfonamides is 1. The zero-order valence-electron chi connectivity index (χ0n) is 18.0. The maximum atomic E-state index is 13.1. The van der Waals surface area contributed by atoms with Crippen LogP contribution in [0.3, 0.4) is 0 Å². The molecule has 5 nitrogen and oxygen atoms in total. The fourth-order valence-corrected chi connectivity index (χ4v) is 5.90. The van der Waals surface area contributed by atoms with Crippen molar-refractivity contribution in [2.24, 2.45) is 5.92 Å². The maximum absolute atomic E-state index is 13.1. The molecule has 3 N–H and O–H groups in total. The van der Waals surface area contributed by atoms with Crippen molar-refractivity contribution in [2.45, 2.75) is 37.1 Å². The first-order valence-corrected chi connectivity index (χ1v) is 12.3. The Balaban J connectivity index is 1.49. The van der Waals surface area contributed by atoms with Gasteiger partial charge in [0.15, 0.2) is 0 Å². The average Bonchev–Trinajstić information content (AvgIpc) is 3.26. The minimum Gasteiger partial charge on any atom is -0.508 e. The van der Waals surface area contributed by atoms with Gasteiger partial charge in [-0.2, -0.15) is 0 Å². The molecule has 3 atom stereocenters. The summed E-state index contributed by atoms with van der Waals surface area (Å²) in [6.07, 6.45) is 5.17. The number of allylic oxidation sites excluding steroid dienone is 2. The van der Waals surface area contributed by atoms with E-state index in [1.165, 1.54) is 0 Å². The van der Waals surface area contributed by atoms with Crippen LogP contribution in [0, 0.1) is 19.8 Å². The van der Waals surface area contributed by atoms with Gasteiger partial charge in [0, 0.05) is 22.9 Å². The fourth-order valence-electron chi connectivity index (χ4n) is 4.82. The molecule has 2 aliphatic rings. The number of phenolic OH excluding ortho intramolecular Hbond substituents is 1. The van der Waals surface area contributed by atoms with Crippen molar-refractivity contribution < 1.29 is 13.5 Å². The summed E-state index contributed by atoms with van der Waals surface area (Å²) >= 11 is 0. The van der Waals surface area contributed by atoms with Crippen LogP contribution in [0.25, 0.3) is 0 Å². The normalized spacial score (nSPS) is 21.5. The van der Waals surface area contributed by atoms with Crippen molar-refractivity contribution in [1.82, 2.24) is 0 Å². The standard InChI is InChI=1S/C26H26N2O3S/c1-16-10-11-18(14-17(16)2)28-32(30,31)19-12-13-24-23(15-19)20-7-5-8-21(20)26(27-24)22-6-3-4-9-25(22)29/h3-7,9-15,20-21,26-29H,8H2,1-2H3. The molecule has 0 fully saturated rings.